The third kappa shape index (κ3) is 2.29. The lowest BCUT2D eigenvalue weighted by atomic mass is 9.91. The zero-order valence-electron chi connectivity index (χ0n) is 10.9. The maximum absolute atomic E-state index is 12.5. The van der Waals surface area contributed by atoms with Gasteiger partial charge in [0.05, 0.1) is 6.04 Å². The molecule has 1 N–H and O–H groups in total. The lowest BCUT2D eigenvalue weighted by molar-refractivity contribution is 0.0937. The van der Waals surface area contributed by atoms with Crippen LogP contribution in [0.3, 0.4) is 0 Å². The van der Waals surface area contributed by atoms with Gasteiger partial charge in [-0.2, -0.15) is 0 Å². The molecule has 3 rings (SSSR count). The molecule has 1 unspecified atom stereocenters. The van der Waals surface area contributed by atoms with Crippen LogP contribution in [-0.2, 0) is 13.0 Å². The Morgan fingerprint density at radius 1 is 1.26 bits per heavy atom. The van der Waals surface area contributed by atoms with E-state index in [0.717, 1.165) is 24.1 Å². The zero-order chi connectivity index (χ0) is 13.2. The number of pyridine rings is 1. The molecule has 1 aromatic carbocycles. The van der Waals surface area contributed by atoms with E-state index >= 15 is 0 Å². The third-order valence-electron chi connectivity index (χ3n) is 3.70. The Labute approximate surface area is 112 Å². The number of nitrogens with zero attached hydrogens (tertiary/aromatic N) is 1. The van der Waals surface area contributed by atoms with Gasteiger partial charge in [0, 0.05) is 24.5 Å². The molecule has 0 spiro atoms. The Kier molecular flexibility index (Phi) is 3.13. The fraction of sp³-hybridized carbons (Fsp3) is 0.250. The van der Waals surface area contributed by atoms with E-state index < -0.39 is 0 Å². The fourth-order valence-electron chi connectivity index (χ4n) is 2.55. The van der Waals surface area contributed by atoms with Crippen molar-refractivity contribution in [2.75, 3.05) is 0 Å². The molecule has 3 heteroatoms. The van der Waals surface area contributed by atoms with Crippen LogP contribution < -0.4 is 5.32 Å². The minimum atomic E-state index is -0.141. The lowest BCUT2D eigenvalue weighted by Gasteiger charge is -2.25. The van der Waals surface area contributed by atoms with E-state index in [1.165, 1.54) is 11.1 Å². The Bertz CT molecular complexity index is 622. The minimum absolute atomic E-state index is 0.139. The molecule has 0 saturated heterocycles. The van der Waals surface area contributed by atoms with Crippen LogP contribution in [0.1, 0.15) is 27.0 Å². The molecule has 0 radical (unpaired) electrons. The summed E-state index contributed by atoms with van der Waals surface area (Å²) in [6.45, 7) is 2.71. The molecule has 96 valence electrons. The Hall–Kier alpha value is -2.00. The first-order valence-corrected chi connectivity index (χ1v) is 6.50. The molecule has 2 heterocycles. The van der Waals surface area contributed by atoms with Crippen LogP contribution in [0, 0.1) is 6.92 Å². The molecule has 0 aliphatic carbocycles. The molecule has 1 aromatic heterocycles. The molecule has 1 atom stereocenters. The van der Waals surface area contributed by atoms with Crippen molar-refractivity contribution in [2.45, 2.75) is 25.9 Å². The van der Waals surface area contributed by atoms with E-state index in [9.17, 15) is 4.79 Å². The molecule has 3 nitrogen and oxygen atoms in total. The van der Waals surface area contributed by atoms with Gasteiger partial charge in [-0.25, -0.2) is 0 Å². The predicted octanol–water partition coefficient (Wildman–Crippen LogP) is 2.29. The van der Waals surface area contributed by atoms with E-state index in [4.69, 9.17) is 0 Å². The standard InChI is InChI=1S/C16H16N2O/c1-11-6-7-17-10-14(11)16(19)15-8-12-4-2-3-5-13(12)9-18-15/h2-7,10,15,18H,8-9H2,1H3. The molecular weight excluding hydrogens is 236 g/mol. The van der Waals surface area contributed by atoms with Gasteiger partial charge >= 0.3 is 0 Å². The molecule has 0 bridgehead atoms. The number of carbonyl (C=O) groups is 1. The summed E-state index contributed by atoms with van der Waals surface area (Å²) in [5.74, 6) is 0.139. The number of hydrogen-bond donors (Lipinski definition) is 1. The van der Waals surface area contributed by atoms with Crippen LogP contribution in [0.5, 0.6) is 0 Å². The SMILES string of the molecule is Cc1ccncc1C(=O)C1Cc2ccccc2CN1. The van der Waals surface area contributed by atoms with Crippen molar-refractivity contribution in [3.8, 4) is 0 Å². The minimum Gasteiger partial charge on any atom is -0.303 e. The number of rotatable bonds is 2. The maximum atomic E-state index is 12.5. The van der Waals surface area contributed by atoms with Gasteiger partial charge < -0.3 is 5.32 Å². The Morgan fingerprint density at radius 3 is 2.84 bits per heavy atom. The Morgan fingerprint density at radius 2 is 2.05 bits per heavy atom. The highest BCUT2D eigenvalue weighted by atomic mass is 16.1. The van der Waals surface area contributed by atoms with E-state index in [2.05, 4.69) is 22.4 Å². The van der Waals surface area contributed by atoms with Gasteiger partial charge in [-0.15, -0.1) is 0 Å². The average molecular weight is 252 g/mol. The van der Waals surface area contributed by atoms with Crippen molar-refractivity contribution in [3.05, 3.63) is 65.0 Å². The van der Waals surface area contributed by atoms with Crippen molar-refractivity contribution >= 4 is 5.78 Å². The normalized spacial score (nSPS) is 17.8. The molecule has 0 saturated carbocycles. The molecule has 2 aromatic rings. The fourth-order valence-corrected chi connectivity index (χ4v) is 2.55. The van der Waals surface area contributed by atoms with Gasteiger partial charge in [0.15, 0.2) is 5.78 Å². The first-order chi connectivity index (χ1) is 9.25. The first kappa shape index (κ1) is 12.1. The summed E-state index contributed by atoms with van der Waals surface area (Å²) in [4.78, 5) is 16.6. The monoisotopic (exact) mass is 252 g/mol. The third-order valence-corrected chi connectivity index (χ3v) is 3.70. The first-order valence-electron chi connectivity index (χ1n) is 6.50. The highest BCUT2D eigenvalue weighted by Crippen LogP contribution is 2.19. The molecule has 0 fully saturated rings. The quantitative estimate of drug-likeness (QED) is 0.834. The number of fused-ring (bicyclic) bond motifs is 1. The summed E-state index contributed by atoms with van der Waals surface area (Å²) in [5, 5.41) is 3.32. The summed E-state index contributed by atoms with van der Waals surface area (Å²) in [7, 11) is 0. The van der Waals surface area contributed by atoms with Crippen molar-refractivity contribution in [1.82, 2.24) is 10.3 Å². The van der Waals surface area contributed by atoms with E-state index in [-0.39, 0.29) is 11.8 Å². The highest BCUT2D eigenvalue weighted by molar-refractivity contribution is 6.01. The molecule has 0 amide bonds. The lowest BCUT2D eigenvalue weighted by Crippen LogP contribution is -2.42. The number of hydrogen-bond acceptors (Lipinski definition) is 3. The average Bonchev–Trinajstić information content (AvgIpc) is 2.46. The topological polar surface area (TPSA) is 42.0 Å². The number of benzene rings is 1. The van der Waals surface area contributed by atoms with Crippen LogP contribution in [0.4, 0.5) is 0 Å². The van der Waals surface area contributed by atoms with E-state index in [1.54, 1.807) is 12.4 Å². The molecule has 1 aliphatic heterocycles. The van der Waals surface area contributed by atoms with Crippen molar-refractivity contribution < 1.29 is 4.79 Å². The van der Waals surface area contributed by atoms with Gasteiger partial charge in [-0.05, 0) is 36.1 Å². The number of aromatic nitrogens is 1. The number of aryl methyl sites for hydroxylation is 1. The number of nitrogens with one attached hydrogen (secondary N) is 1. The Balaban J connectivity index is 1.86. The van der Waals surface area contributed by atoms with Gasteiger partial charge in [-0.3, -0.25) is 9.78 Å². The highest BCUT2D eigenvalue weighted by Gasteiger charge is 2.25. The zero-order valence-corrected chi connectivity index (χ0v) is 10.9. The summed E-state index contributed by atoms with van der Waals surface area (Å²) in [6.07, 6.45) is 4.14. The van der Waals surface area contributed by atoms with Gasteiger partial charge in [0.25, 0.3) is 0 Å². The van der Waals surface area contributed by atoms with Gasteiger partial charge in [0.2, 0.25) is 0 Å². The summed E-state index contributed by atoms with van der Waals surface area (Å²) >= 11 is 0. The number of Topliss-reactive ketones (excluding diaryl/α,β-unsaturated/α-hetero) is 1. The predicted molar refractivity (Wildman–Crippen MR) is 74.1 cm³/mol. The number of ketones is 1. The van der Waals surface area contributed by atoms with Crippen molar-refractivity contribution in [3.63, 3.8) is 0 Å². The van der Waals surface area contributed by atoms with Crippen LogP contribution in [-0.4, -0.2) is 16.8 Å². The van der Waals surface area contributed by atoms with Crippen molar-refractivity contribution in [1.29, 1.82) is 0 Å². The summed E-state index contributed by atoms with van der Waals surface area (Å²) in [6, 6.07) is 10.0. The van der Waals surface area contributed by atoms with Gasteiger partial charge in [-0.1, -0.05) is 24.3 Å². The summed E-state index contributed by atoms with van der Waals surface area (Å²) in [5.41, 5.74) is 4.26. The van der Waals surface area contributed by atoms with E-state index in [0.29, 0.717) is 0 Å². The van der Waals surface area contributed by atoms with Crippen LogP contribution in [0.15, 0.2) is 42.7 Å². The van der Waals surface area contributed by atoms with Crippen molar-refractivity contribution in [2.24, 2.45) is 0 Å². The molecular formula is C16H16N2O. The van der Waals surface area contributed by atoms with Crippen LogP contribution in [0.25, 0.3) is 0 Å². The van der Waals surface area contributed by atoms with Crippen LogP contribution in [0.2, 0.25) is 0 Å². The van der Waals surface area contributed by atoms with Crippen LogP contribution >= 0.6 is 0 Å². The second-order valence-corrected chi connectivity index (χ2v) is 4.96. The maximum Gasteiger partial charge on any atom is 0.181 e. The molecule has 19 heavy (non-hydrogen) atoms. The molecule has 1 aliphatic rings. The van der Waals surface area contributed by atoms with E-state index in [1.807, 2.05) is 25.1 Å². The number of carbonyl (C=O) groups excluding carboxylic acids is 1. The largest absolute Gasteiger partial charge is 0.303 e. The smallest absolute Gasteiger partial charge is 0.181 e. The van der Waals surface area contributed by atoms with Gasteiger partial charge in [0.1, 0.15) is 0 Å². The summed E-state index contributed by atoms with van der Waals surface area (Å²) < 4.78 is 0. The second kappa shape index (κ2) is 4.94. The second-order valence-electron chi connectivity index (χ2n) is 4.96.